The van der Waals surface area contributed by atoms with Crippen LogP contribution in [-0.4, -0.2) is 23.1 Å². The maximum Gasteiger partial charge on any atom is 0.273 e. The number of hydrogen-bond acceptors (Lipinski definition) is 3. The molecule has 1 saturated heterocycles. The van der Waals surface area contributed by atoms with Crippen molar-refractivity contribution in [2.24, 2.45) is 0 Å². The van der Waals surface area contributed by atoms with Crippen molar-refractivity contribution in [3.8, 4) is 0 Å². The van der Waals surface area contributed by atoms with E-state index in [1.54, 1.807) is 12.1 Å². The first-order valence-corrected chi connectivity index (χ1v) is 8.79. The summed E-state index contributed by atoms with van der Waals surface area (Å²) in [6.07, 6.45) is 4.68. The third kappa shape index (κ3) is 3.18. The van der Waals surface area contributed by atoms with Gasteiger partial charge in [0.15, 0.2) is 5.11 Å². The molecule has 2 aliphatic rings. The molecule has 2 heterocycles. The van der Waals surface area contributed by atoms with Crippen LogP contribution in [0.5, 0.6) is 0 Å². The molecule has 25 heavy (non-hydrogen) atoms. The van der Waals surface area contributed by atoms with Crippen LogP contribution in [0.4, 0.5) is 10.1 Å². The summed E-state index contributed by atoms with van der Waals surface area (Å²) < 4.78 is 14.8. The Morgan fingerprint density at radius 3 is 2.64 bits per heavy atom. The molecule has 1 fully saturated rings. The fraction of sp³-hybridized carbons (Fsp3) is 0.368. The Hall–Kier alpha value is -2.21. The number of halogens is 1. The molecule has 0 spiro atoms. The Balaban J connectivity index is 2.10. The van der Waals surface area contributed by atoms with Crippen LogP contribution in [0.15, 0.2) is 23.9 Å². The summed E-state index contributed by atoms with van der Waals surface area (Å²) >= 11 is 4.91. The molecular weight excluding hydrogens is 337 g/mol. The molecule has 0 aromatic heterocycles. The highest BCUT2D eigenvalue weighted by Gasteiger charge is 2.31. The van der Waals surface area contributed by atoms with E-state index in [1.165, 1.54) is 6.08 Å². The van der Waals surface area contributed by atoms with Gasteiger partial charge in [0.05, 0.1) is 5.54 Å². The Morgan fingerprint density at radius 1 is 1.32 bits per heavy atom. The lowest BCUT2D eigenvalue weighted by molar-refractivity contribution is -0.115. The number of nitrogens with zero attached hydrogens (tertiary/aromatic N) is 1. The van der Waals surface area contributed by atoms with E-state index in [9.17, 15) is 9.18 Å². The fourth-order valence-electron chi connectivity index (χ4n) is 3.50. The summed E-state index contributed by atoms with van der Waals surface area (Å²) in [6.45, 7) is 9.27. The highest BCUT2D eigenvalue weighted by atomic mass is 32.1. The number of anilines is 1. The zero-order chi connectivity index (χ0) is 18.4. The predicted octanol–water partition coefficient (Wildman–Crippen LogP) is 3.58. The average Bonchev–Trinajstić information content (AvgIpc) is 2.82. The van der Waals surface area contributed by atoms with Crippen molar-refractivity contribution in [1.29, 1.82) is 0 Å². The van der Waals surface area contributed by atoms with E-state index < -0.39 is 0 Å². The van der Waals surface area contributed by atoms with Crippen molar-refractivity contribution < 1.29 is 9.18 Å². The fourth-order valence-corrected chi connectivity index (χ4v) is 3.70. The number of rotatable bonds is 3. The quantitative estimate of drug-likeness (QED) is 0.640. The van der Waals surface area contributed by atoms with E-state index in [1.807, 2.05) is 6.92 Å². The minimum absolute atomic E-state index is 0.168. The van der Waals surface area contributed by atoms with Crippen LogP contribution in [-0.2, 0) is 4.79 Å². The van der Waals surface area contributed by atoms with E-state index in [4.69, 9.17) is 12.2 Å². The molecular formula is C19H22FN3OS. The van der Waals surface area contributed by atoms with Gasteiger partial charge in [-0.3, -0.25) is 10.1 Å². The van der Waals surface area contributed by atoms with Gasteiger partial charge in [0, 0.05) is 23.4 Å². The lowest BCUT2D eigenvalue weighted by Crippen LogP contribution is -2.45. The van der Waals surface area contributed by atoms with Gasteiger partial charge in [-0.15, -0.1) is 0 Å². The monoisotopic (exact) mass is 359 g/mol. The van der Waals surface area contributed by atoms with Crippen LogP contribution in [0, 0.1) is 5.82 Å². The van der Waals surface area contributed by atoms with E-state index in [-0.39, 0.29) is 28.1 Å². The number of benzene rings is 1. The lowest BCUT2D eigenvalue weighted by atomic mass is 9.87. The number of hydrogen-bond donors (Lipinski definition) is 2. The second-order valence-corrected chi connectivity index (χ2v) is 7.40. The zero-order valence-electron chi connectivity index (χ0n) is 14.9. The Morgan fingerprint density at radius 2 is 2.04 bits per heavy atom. The molecule has 2 N–H and O–H groups in total. The maximum absolute atomic E-state index is 14.8. The van der Waals surface area contributed by atoms with Crippen LogP contribution in [0.2, 0.25) is 0 Å². The largest absolute Gasteiger partial charge is 0.362 e. The van der Waals surface area contributed by atoms with Crippen molar-refractivity contribution in [2.45, 2.75) is 39.7 Å². The number of nitrogens with one attached hydrogen (secondary N) is 2. The van der Waals surface area contributed by atoms with Gasteiger partial charge in [0.2, 0.25) is 0 Å². The summed E-state index contributed by atoms with van der Waals surface area (Å²) in [5.74, 6) is -0.701. The number of carbonyl (C=O) groups is 1. The van der Waals surface area contributed by atoms with E-state index in [0.717, 1.165) is 29.8 Å². The van der Waals surface area contributed by atoms with E-state index >= 15 is 0 Å². The number of carbonyl (C=O) groups excluding carboxylic acids is 1. The van der Waals surface area contributed by atoms with E-state index in [0.29, 0.717) is 5.56 Å². The highest BCUT2D eigenvalue weighted by Crippen LogP contribution is 2.40. The van der Waals surface area contributed by atoms with Gasteiger partial charge in [-0.1, -0.05) is 13.0 Å². The van der Waals surface area contributed by atoms with Gasteiger partial charge in [-0.25, -0.2) is 4.39 Å². The van der Waals surface area contributed by atoms with Crippen molar-refractivity contribution in [3.05, 3.63) is 40.8 Å². The van der Waals surface area contributed by atoms with Gasteiger partial charge in [0.1, 0.15) is 11.5 Å². The summed E-state index contributed by atoms with van der Waals surface area (Å²) in [4.78, 5) is 14.0. The topological polar surface area (TPSA) is 44.4 Å². The molecule has 0 unspecified atom stereocenters. The number of amides is 1. The molecule has 1 aromatic carbocycles. The highest BCUT2D eigenvalue weighted by molar-refractivity contribution is 7.80. The first kappa shape index (κ1) is 17.6. The van der Waals surface area contributed by atoms with Crippen molar-refractivity contribution in [1.82, 2.24) is 10.6 Å². The van der Waals surface area contributed by atoms with Crippen LogP contribution < -0.4 is 15.5 Å². The van der Waals surface area contributed by atoms with Gasteiger partial charge in [-0.2, -0.15) is 0 Å². The average molecular weight is 359 g/mol. The number of allylic oxidation sites excluding steroid dienone is 1. The molecule has 0 atom stereocenters. The second-order valence-electron chi connectivity index (χ2n) is 6.99. The van der Waals surface area contributed by atoms with Crippen LogP contribution in [0.25, 0.3) is 11.6 Å². The minimum Gasteiger partial charge on any atom is -0.362 e. The lowest BCUT2D eigenvalue weighted by Gasteiger charge is -2.43. The first-order chi connectivity index (χ1) is 11.7. The molecule has 132 valence electrons. The standard InChI is InChI=1S/C19H22FN3OS/c1-5-6-23-16-9-14(20)12(8-15-17(24)22-18(25)21-15)7-13(16)11(2)10-19(23,3)4/h7-10H,5-6H2,1-4H3,(H2,21,22,24,25)/b15-8-. The summed E-state index contributed by atoms with van der Waals surface area (Å²) in [5.41, 5.74) is 3.44. The third-order valence-electron chi connectivity index (χ3n) is 4.56. The number of thiocarbonyl (C=S) groups is 1. The van der Waals surface area contributed by atoms with Gasteiger partial charge < -0.3 is 10.2 Å². The second kappa shape index (κ2) is 6.26. The molecule has 6 heteroatoms. The molecule has 1 amide bonds. The van der Waals surface area contributed by atoms with Crippen LogP contribution >= 0.6 is 12.2 Å². The Kier molecular flexibility index (Phi) is 4.41. The van der Waals surface area contributed by atoms with E-state index in [2.05, 4.69) is 42.4 Å². The third-order valence-corrected chi connectivity index (χ3v) is 4.77. The normalized spacial score (nSPS) is 20.3. The van der Waals surface area contributed by atoms with Crippen molar-refractivity contribution in [2.75, 3.05) is 11.4 Å². The number of fused-ring (bicyclic) bond motifs is 1. The van der Waals surface area contributed by atoms with Crippen molar-refractivity contribution in [3.63, 3.8) is 0 Å². The smallest absolute Gasteiger partial charge is 0.273 e. The summed E-state index contributed by atoms with van der Waals surface area (Å²) in [5, 5.41) is 5.47. The first-order valence-electron chi connectivity index (χ1n) is 8.38. The molecule has 2 aliphatic heterocycles. The predicted molar refractivity (Wildman–Crippen MR) is 104 cm³/mol. The van der Waals surface area contributed by atoms with Crippen LogP contribution in [0.1, 0.15) is 45.2 Å². The molecule has 4 nitrogen and oxygen atoms in total. The van der Waals surface area contributed by atoms with Crippen molar-refractivity contribution >= 4 is 40.6 Å². The maximum atomic E-state index is 14.8. The Bertz CT molecular complexity index is 826. The Labute approximate surface area is 152 Å². The van der Waals surface area contributed by atoms with Gasteiger partial charge in [0.25, 0.3) is 5.91 Å². The SMILES string of the molecule is CCCN1c2cc(F)c(/C=C3\NC(=S)NC3=O)cc2C(C)=CC1(C)C. The molecule has 3 rings (SSSR count). The minimum atomic E-state index is -0.356. The molecule has 0 aliphatic carbocycles. The summed E-state index contributed by atoms with van der Waals surface area (Å²) in [6, 6.07) is 3.37. The summed E-state index contributed by atoms with van der Waals surface area (Å²) in [7, 11) is 0. The molecule has 1 aromatic rings. The molecule has 0 radical (unpaired) electrons. The van der Waals surface area contributed by atoms with Gasteiger partial charge in [-0.05, 0) is 63.2 Å². The molecule has 0 saturated carbocycles. The molecule has 0 bridgehead atoms. The van der Waals surface area contributed by atoms with Gasteiger partial charge >= 0.3 is 0 Å². The van der Waals surface area contributed by atoms with Crippen LogP contribution in [0.3, 0.4) is 0 Å². The zero-order valence-corrected chi connectivity index (χ0v) is 15.7.